The summed E-state index contributed by atoms with van der Waals surface area (Å²) in [5.41, 5.74) is 0.518. The standard InChI is InChI=1S/C19H20ClFN2O3S/c1-23(10-11-26-17-8-2-14(20)3-9-17)19(25)13-27-12-18(24)22-16-6-4-15(21)5-7-16/h2-9H,10-13H2,1H3,(H,22,24). The molecule has 0 radical (unpaired) electrons. The highest BCUT2D eigenvalue weighted by Gasteiger charge is 2.11. The van der Waals surface area contributed by atoms with Gasteiger partial charge in [-0.3, -0.25) is 9.59 Å². The molecule has 144 valence electrons. The van der Waals surface area contributed by atoms with Crippen molar-refractivity contribution in [2.75, 3.05) is 37.0 Å². The fourth-order valence-electron chi connectivity index (χ4n) is 2.03. The Balaban J connectivity index is 1.61. The van der Waals surface area contributed by atoms with Crippen LogP contribution in [-0.4, -0.2) is 48.4 Å². The zero-order valence-electron chi connectivity index (χ0n) is 14.8. The summed E-state index contributed by atoms with van der Waals surface area (Å²) in [6.45, 7) is 0.795. The van der Waals surface area contributed by atoms with Crippen molar-refractivity contribution in [2.45, 2.75) is 0 Å². The third kappa shape index (κ3) is 7.88. The third-order valence-electron chi connectivity index (χ3n) is 3.52. The maximum absolute atomic E-state index is 12.8. The molecule has 0 saturated heterocycles. The Kier molecular flexibility index (Phi) is 8.42. The number of hydrogen-bond donors (Lipinski definition) is 1. The van der Waals surface area contributed by atoms with Crippen LogP contribution in [0.2, 0.25) is 5.02 Å². The van der Waals surface area contributed by atoms with E-state index in [-0.39, 0.29) is 29.1 Å². The van der Waals surface area contributed by atoms with Crippen molar-refractivity contribution in [2.24, 2.45) is 0 Å². The lowest BCUT2D eigenvalue weighted by molar-refractivity contribution is -0.127. The summed E-state index contributed by atoms with van der Waals surface area (Å²) in [5.74, 6) is 0.317. The second-order valence-corrected chi connectivity index (χ2v) is 7.09. The van der Waals surface area contributed by atoms with Gasteiger partial charge in [0.2, 0.25) is 11.8 Å². The zero-order chi connectivity index (χ0) is 19.6. The normalized spacial score (nSPS) is 10.3. The van der Waals surface area contributed by atoms with Crippen LogP contribution in [0.4, 0.5) is 10.1 Å². The first-order valence-corrected chi connectivity index (χ1v) is 9.73. The molecule has 0 aliphatic carbocycles. The molecule has 0 aromatic heterocycles. The van der Waals surface area contributed by atoms with Gasteiger partial charge in [-0.25, -0.2) is 4.39 Å². The summed E-state index contributed by atoms with van der Waals surface area (Å²) in [7, 11) is 1.69. The van der Waals surface area contributed by atoms with Crippen LogP contribution in [0.5, 0.6) is 5.75 Å². The van der Waals surface area contributed by atoms with E-state index in [1.807, 2.05) is 0 Å². The molecular weight excluding hydrogens is 391 g/mol. The van der Waals surface area contributed by atoms with E-state index in [2.05, 4.69) is 5.32 Å². The van der Waals surface area contributed by atoms with E-state index in [0.29, 0.717) is 29.6 Å². The van der Waals surface area contributed by atoms with Gasteiger partial charge in [0.25, 0.3) is 0 Å². The van der Waals surface area contributed by atoms with Crippen LogP contribution in [0.3, 0.4) is 0 Å². The molecule has 2 amide bonds. The Hall–Kier alpha value is -2.25. The van der Waals surface area contributed by atoms with Gasteiger partial charge in [0.1, 0.15) is 18.2 Å². The molecule has 0 bridgehead atoms. The number of halogens is 2. The van der Waals surface area contributed by atoms with Crippen LogP contribution in [-0.2, 0) is 9.59 Å². The van der Waals surface area contributed by atoms with E-state index >= 15 is 0 Å². The summed E-state index contributed by atoms with van der Waals surface area (Å²) in [6.07, 6.45) is 0. The molecule has 0 fully saturated rings. The van der Waals surface area contributed by atoms with Gasteiger partial charge in [-0.05, 0) is 48.5 Å². The van der Waals surface area contributed by atoms with E-state index in [1.54, 1.807) is 36.2 Å². The van der Waals surface area contributed by atoms with Crippen molar-refractivity contribution in [3.05, 3.63) is 59.4 Å². The van der Waals surface area contributed by atoms with Gasteiger partial charge in [0.15, 0.2) is 0 Å². The second kappa shape index (κ2) is 10.8. The first-order chi connectivity index (χ1) is 12.9. The predicted molar refractivity (Wildman–Crippen MR) is 107 cm³/mol. The van der Waals surface area contributed by atoms with E-state index in [0.717, 1.165) is 0 Å². The number of anilines is 1. The minimum atomic E-state index is -0.365. The summed E-state index contributed by atoms with van der Waals surface area (Å²) in [6, 6.07) is 12.5. The number of ether oxygens (including phenoxy) is 1. The minimum absolute atomic E-state index is 0.0886. The highest BCUT2D eigenvalue weighted by Crippen LogP contribution is 2.15. The Bertz CT molecular complexity index is 757. The van der Waals surface area contributed by atoms with Gasteiger partial charge in [-0.15, -0.1) is 11.8 Å². The summed E-state index contributed by atoms with van der Waals surface area (Å²) in [4.78, 5) is 25.4. The number of rotatable bonds is 9. The molecule has 2 aromatic carbocycles. The number of hydrogen-bond acceptors (Lipinski definition) is 4. The summed E-state index contributed by atoms with van der Waals surface area (Å²) < 4.78 is 18.4. The number of nitrogens with zero attached hydrogens (tertiary/aromatic N) is 1. The highest BCUT2D eigenvalue weighted by atomic mass is 35.5. The lowest BCUT2D eigenvalue weighted by Gasteiger charge is -2.17. The molecule has 0 aliphatic rings. The molecule has 8 heteroatoms. The van der Waals surface area contributed by atoms with Crippen LogP contribution in [0.15, 0.2) is 48.5 Å². The topological polar surface area (TPSA) is 58.6 Å². The van der Waals surface area contributed by atoms with E-state index in [1.165, 1.54) is 36.0 Å². The van der Waals surface area contributed by atoms with Gasteiger partial charge in [-0.1, -0.05) is 11.6 Å². The molecule has 1 N–H and O–H groups in total. The number of amides is 2. The molecule has 27 heavy (non-hydrogen) atoms. The number of benzene rings is 2. The van der Waals surface area contributed by atoms with Crippen molar-refractivity contribution >= 4 is 40.9 Å². The van der Waals surface area contributed by atoms with Crippen LogP contribution >= 0.6 is 23.4 Å². The fraction of sp³-hybridized carbons (Fsp3) is 0.263. The lowest BCUT2D eigenvalue weighted by Crippen LogP contribution is -2.32. The fourth-order valence-corrected chi connectivity index (χ4v) is 2.91. The number of thioether (sulfide) groups is 1. The molecule has 5 nitrogen and oxygen atoms in total. The zero-order valence-corrected chi connectivity index (χ0v) is 16.4. The Morgan fingerprint density at radius 3 is 2.44 bits per heavy atom. The number of likely N-dealkylation sites (N-methyl/N-ethyl adjacent to an activating group) is 1. The van der Waals surface area contributed by atoms with E-state index in [4.69, 9.17) is 16.3 Å². The number of nitrogens with one attached hydrogen (secondary N) is 1. The summed E-state index contributed by atoms with van der Waals surface area (Å²) >= 11 is 7.02. The van der Waals surface area contributed by atoms with Gasteiger partial charge in [-0.2, -0.15) is 0 Å². The van der Waals surface area contributed by atoms with E-state index < -0.39 is 0 Å². The van der Waals surface area contributed by atoms with E-state index in [9.17, 15) is 14.0 Å². The molecular formula is C19H20ClFN2O3S. The maximum Gasteiger partial charge on any atom is 0.234 e. The first-order valence-electron chi connectivity index (χ1n) is 8.19. The van der Waals surface area contributed by atoms with Crippen molar-refractivity contribution in [1.82, 2.24) is 4.90 Å². The van der Waals surface area contributed by atoms with Gasteiger partial charge in [0, 0.05) is 17.8 Å². The quantitative estimate of drug-likeness (QED) is 0.685. The van der Waals surface area contributed by atoms with Crippen molar-refractivity contribution < 1.29 is 18.7 Å². The highest BCUT2D eigenvalue weighted by molar-refractivity contribution is 8.00. The number of carbonyl (C=O) groups is 2. The number of carbonyl (C=O) groups excluding carboxylic acids is 2. The Morgan fingerprint density at radius 2 is 1.78 bits per heavy atom. The van der Waals surface area contributed by atoms with Gasteiger partial charge < -0.3 is 15.0 Å². The molecule has 0 spiro atoms. The van der Waals surface area contributed by atoms with Crippen LogP contribution < -0.4 is 10.1 Å². The lowest BCUT2D eigenvalue weighted by atomic mass is 10.3. The first kappa shape index (κ1) is 21.1. The Labute approximate surface area is 166 Å². The van der Waals surface area contributed by atoms with Crippen LogP contribution in [0, 0.1) is 5.82 Å². The predicted octanol–water partition coefficient (Wildman–Crippen LogP) is 3.69. The van der Waals surface area contributed by atoms with Crippen molar-refractivity contribution in [3.63, 3.8) is 0 Å². The van der Waals surface area contributed by atoms with Crippen LogP contribution in [0.1, 0.15) is 0 Å². The van der Waals surface area contributed by atoms with Crippen molar-refractivity contribution in [3.8, 4) is 5.75 Å². The SMILES string of the molecule is CN(CCOc1ccc(Cl)cc1)C(=O)CSCC(=O)Nc1ccc(F)cc1. The van der Waals surface area contributed by atoms with Crippen LogP contribution in [0.25, 0.3) is 0 Å². The summed E-state index contributed by atoms with van der Waals surface area (Å²) in [5, 5.41) is 3.28. The molecule has 2 rings (SSSR count). The largest absolute Gasteiger partial charge is 0.492 e. The van der Waals surface area contributed by atoms with Crippen molar-refractivity contribution in [1.29, 1.82) is 0 Å². The molecule has 0 aliphatic heterocycles. The second-order valence-electron chi connectivity index (χ2n) is 5.67. The molecule has 2 aromatic rings. The molecule has 0 atom stereocenters. The van der Waals surface area contributed by atoms with Gasteiger partial charge in [0.05, 0.1) is 18.1 Å². The average Bonchev–Trinajstić information content (AvgIpc) is 2.65. The Morgan fingerprint density at radius 1 is 1.11 bits per heavy atom. The molecule has 0 saturated carbocycles. The monoisotopic (exact) mass is 410 g/mol. The maximum atomic E-state index is 12.8. The molecule has 0 unspecified atom stereocenters. The van der Waals surface area contributed by atoms with Gasteiger partial charge >= 0.3 is 0 Å². The minimum Gasteiger partial charge on any atom is -0.492 e. The average molecular weight is 411 g/mol. The smallest absolute Gasteiger partial charge is 0.234 e. The third-order valence-corrected chi connectivity index (χ3v) is 4.69. The molecule has 0 heterocycles.